The van der Waals surface area contributed by atoms with Crippen molar-refractivity contribution in [1.29, 1.82) is 0 Å². The third-order valence-corrected chi connectivity index (χ3v) is 6.09. The molecule has 0 radical (unpaired) electrons. The van der Waals surface area contributed by atoms with Crippen LogP contribution in [0.3, 0.4) is 0 Å². The van der Waals surface area contributed by atoms with Crippen LogP contribution in [0.1, 0.15) is 5.56 Å². The molecule has 0 amide bonds. The Hall–Kier alpha value is -1.50. The van der Waals surface area contributed by atoms with Crippen LogP contribution in [0.5, 0.6) is 0 Å². The minimum absolute atomic E-state index is 0.128. The van der Waals surface area contributed by atoms with Gasteiger partial charge in [-0.25, -0.2) is 18.4 Å². The lowest BCUT2D eigenvalue weighted by atomic mass is 10.3. The summed E-state index contributed by atoms with van der Waals surface area (Å²) in [6, 6.07) is 10.6. The summed E-state index contributed by atoms with van der Waals surface area (Å²) in [5, 5.41) is 0.339. The van der Waals surface area contributed by atoms with E-state index in [4.69, 9.17) is 11.6 Å². The highest BCUT2D eigenvalue weighted by Gasteiger charge is 2.20. The Morgan fingerprint density at radius 1 is 1.15 bits per heavy atom. The van der Waals surface area contributed by atoms with Crippen molar-refractivity contribution in [2.24, 2.45) is 0 Å². The average molecular weight is 325 g/mol. The van der Waals surface area contributed by atoms with Gasteiger partial charge in [-0.15, -0.1) is 11.3 Å². The first kappa shape index (κ1) is 13.5. The molecule has 1 aromatic carbocycles. The van der Waals surface area contributed by atoms with Crippen LogP contribution in [0.15, 0.2) is 46.9 Å². The maximum absolute atomic E-state index is 12.3. The van der Waals surface area contributed by atoms with Crippen molar-refractivity contribution in [2.45, 2.75) is 10.1 Å². The largest absolute Gasteiger partial charge is 0.244 e. The van der Waals surface area contributed by atoms with Gasteiger partial charge < -0.3 is 0 Å². The highest BCUT2D eigenvalue weighted by Crippen LogP contribution is 2.27. The van der Waals surface area contributed by atoms with E-state index in [9.17, 15) is 8.42 Å². The van der Waals surface area contributed by atoms with Crippen LogP contribution in [0.25, 0.3) is 10.2 Å². The fourth-order valence-corrected chi connectivity index (χ4v) is 4.49. The number of pyridine rings is 1. The Labute approximate surface area is 125 Å². The summed E-state index contributed by atoms with van der Waals surface area (Å²) in [5.74, 6) is -0.128. The number of sulfone groups is 1. The second kappa shape index (κ2) is 5.12. The Kier molecular flexibility index (Phi) is 3.45. The fraction of sp³-hybridized carbons (Fsp3) is 0.0769. The number of hydrogen-bond acceptors (Lipinski definition) is 5. The van der Waals surface area contributed by atoms with E-state index in [0.29, 0.717) is 16.2 Å². The Morgan fingerprint density at radius 3 is 2.65 bits per heavy atom. The van der Waals surface area contributed by atoms with Crippen molar-refractivity contribution in [3.63, 3.8) is 0 Å². The zero-order valence-electron chi connectivity index (χ0n) is 10.2. The first-order valence-electron chi connectivity index (χ1n) is 5.73. The highest BCUT2D eigenvalue weighted by molar-refractivity contribution is 7.92. The SMILES string of the molecule is O=S(=O)(Cc1ccc(Cl)nc1)c1nc2ccccc2s1. The van der Waals surface area contributed by atoms with Gasteiger partial charge in [0.2, 0.25) is 14.2 Å². The van der Waals surface area contributed by atoms with E-state index in [-0.39, 0.29) is 10.1 Å². The summed E-state index contributed by atoms with van der Waals surface area (Å²) in [5.41, 5.74) is 1.29. The Morgan fingerprint density at radius 2 is 1.95 bits per heavy atom. The topological polar surface area (TPSA) is 59.9 Å². The maximum atomic E-state index is 12.3. The van der Waals surface area contributed by atoms with Gasteiger partial charge in [-0.05, 0) is 23.8 Å². The minimum atomic E-state index is -3.46. The van der Waals surface area contributed by atoms with Gasteiger partial charge >= 0.3 is 0 Å². The minimum Gasteiger partial charge on any atom is -0.244 e. The van der Waals surface area contributed by atoms with Crippen LogP contribution < -0.4 is 0 Å². The normalized spacial score (nSPS) is 11.8. The van der Waals surface area contributed by atoms with Gasteiger partial charge in [-0.2, -0.15) is 0 Å². The third-order valence-electron chi connectivity index (χ3n) is 2.69. The number of fused-ring (bicyclic) bond motifs is 1. The number of benzene rings is 1. The first-order chi connectivity index (χ1) is 9.54. The summed E-state index contributed by atoms with van der Waals surface area (Å²) < 4.78 is 25.7. The molecule has 0 aliphatic carbocycles. The zero-order chi connectivity index (χ0) is 14.2. The monoisotopic (exact) mass is 324 g/mol. The standard InChI is InChI=1S/C13H9ClN2O2S2/c14-12-6-5-9(7-15-12)8-20(17,18)13-16-10-3-1-2-4-11(10)19-13/h1-7H,8H2. The molecule has 2 heterocycles. The lowest BCUT2D eigenvalue weighted by molar-refractivity contribution is 0.594. The molecular formula is C13H9ClN2O2S2. The van der Waals surface area contributed by atoms with E-state index in [0.717, 1.165) is 4.70 Å². The molecule has 0 aliphatic rings. The number of rotatable bonds is 3. The predicted octanol–water partition coefficient (Wildman–Crippen LogP) is 3.32. The lowest BCUT2D eigenvalue weighted by Crippen LogP contribution is -2.04. The molecule has 0 fully saturated rings. The first-order valence-corrected chi connectivity index (χ1v) is 8.58. The third kappa shape index (κ3) is 2.67. The molecule has 0 saturated carbocycles. The molecule has 3 rings (SSSR count). The lowest BCUT2D eigenvalue weighted by Gasteiger charge is -2.00. The van der Waals surface area contributed by atoms with Crippen LogP contribution in [0.2, 0.25) is 5.15 Å². The molecule has 20 heavy (non-hydrogen) atoms. The summed E-state index contributed by atoms with van der Waals surface area (Å²) in [6.07, 6.45) is 1.47. The van der Waals surface area contributed by atoms with E-state index >= 15 is 0 Å². The van der Waals surface area contributed by atoms with Crippen molar-refractivity contribution in [1.82, 2.24) is 9.97 Å². The quantitative estimate of drug-likeness (QED) is 0.693. The van der Waals surface area contributed by atoms with Gasteiger partial charge in [-0.3, -0.25) is 0 Å². The molecule has 0 N–H and O–H groups in total. The van der Waals surface area contributed by atoms with Gasteiger partial charge in [-0.1, -0.05) is 29.8 Å². The predicted molar refractivity (Wildman–Crippen MR) is 79.8 cm³/mol. The van der Waals surface area contributed by atoms with Crippen LogP contribution in [-0.4, -0.2) is 18.4 Å². The van der Waals surface area contributed by atoms with E-state index in [2.05, 4.69) is 9.97 Å². The molecular weight excluding hydrogens is 316 g/mol. The van der Waals surface area contributed by atoms with Gasteiger partial charge in [0.05, 0.1) is 16.0 Å². The van der Waals surface area contributed by atoms with E-state index in [1.807, 2.05) is 18.2 Å². The number of para-hydroxylation sites is 1. The fourth-order valence-electron chi connectivity index (χ4n) is 1.76. The van der Waals surface area contributed by atoms with Gasteiger partial charge in [0.1, 0.15) is 5.15 Å². The number of thiazole rings is 1. The molecule has 0 saturated heterocycles. The molecule has 0 unspecified atom stereocenters. The molecule has 0 aliphatic heterocycles. The van der Waals surface area contributed by atoms with Gasteiger partial charge in [0.15, 0.2) is 0 Å². The Balaban J connectivity index is 1.96. The summed E-state index contributed by atoms with van der Waals surface area (Å²) >= 11 is 6.86. The van der Waals surface area contributed by atoms with Crippen LogP contribution in [0.4, 0.5) is 0 Å². The van der Waals surface area contributed by atoms with E-state index < -0.39 is 9.84 Å². The van der Waals surface area contributed by atoms with Crippen molar-refractivity contribution >= 4 is 43.0 Å². The second-order valence-corrected chi connectivity index (χ2v) is 7.78. The molecule has 2 aromatic heterocycles. The van der Waals surface area contributed by atoms with E-state index in [1.54, 1.807) is 18.2 Å². The number of hydrogen-bond donors (Lipinski definition) is 0. The number of halogens is 1. The van der Waals surface area contributed by atoms with Crippen molar-refractivity contribution < 1.29 is 8.42 Å². The molecule has 0 bridgehead atoms. The molecule has 4 nitrogen and oxygen atoms in total. The van der Waals surface area contributed by atoms with Crippen LogP contribution >= 0.6 is 22.9 Å². The Bertz CT molecular complexity index is 824. The smallest absolute Gasteiger partial charge is 0.210 e. The van der Waals surface area contributed by atoms with Crippen LogP contribution in [-0.2, 0) is 15.6 Å². The molecule has 3 aromatic rings. The van der Waals surface area contributed by atoms with Crippen molar-refractivity contribution in [2.75, 3.05) is 0 Å². The van der Waals surface area contributed by atoms with Crippen molar-refractivity contribution in [3.8, 4) is 0 Å². The maximum Gasteiger partial charge on any atom is 0.210 e. The highest BCUT2D eigenvalue weighted by atomic mass is 35.5. The van der Waals surface area contributed by atoms with Gasteiger partial charge in [0, 0.05) is 6.20 Å². The molecule has 7 heteroatoms. The summed E-state index contributed by atoms with van der Waals surface area (Å²) in [6.45, 7) is 0. The van der Waals surface area contributed by atoms with Crippen LogP contribution in [0, 0.1) is 0 Å². The number of aromatic nitrogens is 2. The molecule has 0 atom stereocenters. The molecule has 102 valence electrons. The summed E-state index contributed by atoms with van der Waals surface area (Å²) in [4.78, 5) is 8.07. The number of nitrogens with zero attached hydrogens (tertiary/aromatic N) is 2. The average Bonchev–Trinajstić information content (AvgIpc) is 2.86. The van der Waals surface area contributed by atoms with Gasteiger partial charge in [0.25, 0.3) is 0 Å². The zero-order valence-corrected chi connectivity index (χ0v) is 12.5. The second-order valence-electron chi connectivity index (χ2n) is 4.20. The molecule has 0 spiro atoms. The van der Waals surface area contributed by atoms with E-state index in [1.165, 1.54) is 17.5 Å². The van der Waals surface area contributed by atoms with Crippen molar-refractivity contribution in [3.05, 3.63) is 53.3 Å². The summed E-state index contributed by atoms with van der Waals surface area (Å²) in [7, 11) is -3.46.